The molecule has 2 aromatic rings. The molecule has 0 radical (unpaired) electrons. The van der Waals surface area contributed by atoms with Crippen molar-refractivity contribution in [3.05, 3.63) is 46.9 Å². The minimum Gasteiger partial charge on any atom is -0.481 e. The van der Waals surface area contributed by atoms with Crippen LogP contribution in [0.3, 0.4) is 0 Å². The number of hydrogen-bond acceptors (Lipinski definition) is 3. The fraction of sp³-hybridized carbons (Fsp3) is 0.154. The van der Waals surface area contributed by atoms with E-state index in [1.165, 1.54) is 0 Å². The Morgan fingerprint density at radius 2 is 1.52 bits per heavy atom. The van der Waals surface area contributed by atoms with Crippen molar-refractivity contribution in [2.45, 2.75) is 6.61 Å². The van der Waals surface area contributed by atoms with Crippen molar-refractivity contribution in [2.75, 3.05) is 7.11 Å². The number of methoxy groups -OCH3 is 1. The molecule has 0 saturated carbocycles. The first kappa shape index (κ1) is 15.2. The van der Waals surface area contributed by atoms with Crippen LogP contribution in [0.2, 0.25) is 0 Å². The van der Waals surface area contributed by atoms with Gasteiger partial charge in [-0.25, -0.2) is 26.9 Å². The lowest BCUT2D eigenvalue weighted by molar-refractivity contribution is 0.281. The van der Waals surface area contributed by atoms with Crippen LogP contribution in [-0.2, 0) is 6.61 Å². The maximum Gasteiger partial charge on any atom is 0.221 e. The third kappa shape index (κ3) is 2.42. The Morgan fingerprint density at radius 1 is 1.00 bits per heavy atom. The van der Waals surface area contributed by atoms with Gasteiger partial charge in [-0.1, -0.05) is 0 Å². The molecule has 0 amide bonds. The average Bonchev–Trinajstić information content (AvgIpc) is 2.51. The topological polar surface area (TPSA) is 42.4 Å². The summed E-state index contributed by atoms with van der Waals surface area (Å²) in [5.41, 5.74) is -1.49. The molecule has 0 aliphatic rings. The molecular weight excluding hydrogens is 297 g/mol. The van der Waals surface area contributed by atoms with Gasteiger partial charge in [-0.2, -0.15) is 0 Å². The Kier molecular flexibility index (Phi) is 4.08. The first-order valence-electron chi connectivity index (χ1n) is 5.57. The zero-order valence-corrected chi connectivity index (χ0v) is 10.6. The Labute approximate surface area is 115 Å². The zero-order valence-electron chi connectivity index (χ0n) is 10.6. The maximum absolute atomic E-state index is 13.8. The van der Waals surface area contributed by atoms with Gasteiger partial charge >= 0.3 is 0 Å². The van der Waals surface area contributed by atoms with Gasteiger partial charge in [-0.15, -0.1) is 0 Å². The molecular formula is C13H8F5NO2. The van der Waals surface area contributed by atoms with E-state index in [9.17, 15) is 22.0 Å². The Hall–Kier alpha value is -2.22. The number of hydrogen-bond donors (Lipinski definition) is 1. The second-order valence-corrected chi connectivity index (χ2v) is 4.00. The molecule has 0 spiro atoms. The van der Waals surface area contributed by atoms with Crippen LogP contribution in [0.5, 0.6) is 5.88 Å². The summed E-state index contributed by atoms with van der Waals surface area (Å²) in [5.74, 6) is -10.7. The van der Waals surface area contributed by atoms with E-state index in [1.807, 2.05) is 0 Å². The molecule has 0 unspecified atom stereocenters. The van der Waals surface area contributed by atoms with Gasteiger partial charge in [0.15, 0.2) is 23.3 Å². The number of pyridine rings is 1. The van der Waals surface area contributed by atoms with Crippen LogP contribution in [-0.4, -0.2) is 17.2 Å². The highest BCUT2D eigenvalue weighted by molar-refractivity contribution is 5.70. The van der Waals surface area contributed by atoms with Gasteiger partial charge in [0.25, 0.3) is 0 Å². The van der Waals surface area contributed by atoms with Crippen molar-refractivity contribution < 1.29 is 31.8 Å². The van der Waals surface area contributed by atoms with Crippen LogP contribution < -0.4 is 4.74 Å². The smallest absolute Gasteiger partial charge is 0.221 e. The number of benzene rings is 1. The van der Waals surface area contributed by atoms with Crippen molar-refractivity contribution in [2.24, 2.45) is 0 Å². The van der Waals surface area contributed by atoms with Crippen LogP contribution in [0.1, 0.15) is 5.56 Å². The molecule has 1 aromatic heterocycles. The summed E-state index contributed by atoms with van der Waals surface area (Å²) in [6, 6.07) is 1.03. The molecule has 0 aliphatic heterocycles. The maximum atomic E-state index is 13.8. The molecule has 3 nitrogen and oxygen atoms in total. The summed E-state index contributed by atoms with van der Waals surface area (Å²) in [6.07, 6.45) is 1.15. The molecule has 8 heteroatoms. The van der Waals surface area contributed by atoms with E-state index in [4.69, 9.17) is 9.84 Å². The monoisotopic (exact) mass is 305 g/mol. The second-order valence-electron chi connectivity index (χ2n) is 4.00. The van der Waals surface area contributed by atoms with E-state index in [1.54, 1.807) is 0 Å². The normalized spacial score (nSPS) is 10.8. The number of aliphatic hydroxyl groups excluding tert-OH is 1. The third-order valence-corrected chi connectivity index (χ3v) is 2.76. The standard InChI is InChI=1S/C13H8F5NO2/c1-21-13-6(2-5(4-20)3-19-13)7-8(14)10(16)12(18)11(17)9(7)15/h2-3,20H,4H2,1H3. The number of ether oxygens (including phenoxy) is 1. The fourth-order valence-corrected chi connectivity index (χ4v) is 1.77. The first-order valence-corrected chi connectivity index (χ1v) is 5.57. The fourth-order valence-electron chi connectivity index (χ4n) is 1.77. The van der Waals surface area contributed by atoms with Crippen molar-refractivity contribution in [1.82, 2.24) is 4.98 Å². The molecule has 0 bridgehead atoms. The molecule has 112 valence electrons. The number of nitrogens with zero attached hydrogens (tertiary/aromatic N) is 1. The first-order chi connectivity index (χ1) is 9.92. The number of aromatic nitrogens is 1. The summed E-state index contributed by atoms with van der Waals surface area (Å²) in [5, 5.41) is 8.99. The SMILES string of the molecule is COc1ncc(CO)cc1-c1c(F)c(F)c(F)c(F)c1F. The molecule has 21 heavy (non-hydrogen) atoms. The quantitative estimate of drug-likeness (QED) is 0.538. The largest absolute Gasteiger partial charge is 0.481 e. The van der Waals surface area contributed by atoms with Crippen LogP contribution in [0, 0.1) is 29.1 Å². The Balaban J connectivity index is 2.84. The molecule has 2 rings (SSSR count). The zero-order chi connectivity index (χ0) is 15.7. The Morgan fingerprint density at radius 3 is 2.00 bits per heavy atom. The van der Waals surface area contributed by atoms with Gasteiger partial charge in [-0.3, -0.25) is 0 Å². The van der Waals surface area contributed by atoms with Gasteiger partial charge in [0.2, 0.25) is 11.7 Å². The molecule has 1 aromatic carbocycles. The molecule has 0 atom stereocenters. The van der Waals surface area contributed by atoms with Gasteiger partial charge in [0.1, 0.15) is 0 Å². The lowest BCUT2D eigenvalue weighted by Gasteiger charge is -2.12. The highest BCUT2D eigenvalue weighted by Crippen LogP contribution is 2.36. The van der Waals surface area contributed by atoms with Gasteiger partial charge in [0.05, 0.1) is 24.8 Å². The predicted molar refractivity (Wildman–Crippen MR) is 61.9 cm³/mol. The van der Waals surface area contributed by atoms with E-state index in [0.29, 0.717) is 0 Å². The van der Waals surface area contributed by atoms with E-state index in [0.717, 1.165) is 19.4 Å². The van der Waals surface area contributed by atoms with E-state index in [-0.39, 0.29) is 11.4 Å². The molecule has 1 heterocycles. The summed E-state index contributed by atoms with van der Waals surface area (Å²) in [6.45, 7) is -0.528. The van der Waals surface area contributed by atoms with Crippen molar-refractivity contribution in [1.29, 1.82) is 0 Å². The third-order valence-electron chi connectivity index (χ3n) is 2.76. The lowest BCUT2D eigenvalue weighted by atomic mass is 10.0. The molecule has 1 N–H and O–H groups in total. The summed E-state index contributed by atoms with van der Waals surface area (Å²) in [4.78, 5) is 3.65. The van der Waals surface area contributed by atoms with Crippen molar-refractivity contribution in [3.8, 4) is 17.0 Å². The average molecular weight is 305 g/mol. The minimum atomic E-state index is -2.25. The predicted octanol–water partition coefficient (Wildman–Crippen LogP) is 2.95. The molecule has 0 saturated heterocycles. The van der Waals surface area contributed by atoms with E-state index in [2.05, 4.69) is 4.98 Å². The van der Waals surface area contributed by atoms with E-state index >= 15 is 0 Å². The molecule has 0 aliphatic carbocycles. The highest BCUT2D eigenvalue weighted by Gasteiger charge is 2.28. The second kappa shape index (κ2) is 5.65. The number of aliphatic hydroxyl groups is 1. The summed E-state index contributed by atoms with van der Waals surface area (Å²) >= 11 is 0. The number of halogens is 5. The van der Waals surface area contributed by atoms with Gasteiger partial charge < -0.3 is 9.84 Å². The Bertz CT molecular complexity index is 676. The van der Waals surface area contributed by atoms with Gasteiger partial charge in [-0.05, 0) is 11.6 Å². The minimum absolute atomic E-state index is 0.120. The van der Waals surface area contributed by atoms with Crippen LogP contribution in [0.25, 0.3) is 11.1 Å². The summed E-state index contributed by atoms with van der Waals surface area (Å²) in [7, 11) is 1.12. The lowest BCUT2D eigenvalue weighted by Crippen LogP contribution is -2.06. The van der Waals surface area contributed by atoms with Crippen molar-refractivity contribution >= 4 is 0 Å². The van der Waals surface area contributed by atoms with E-state index < -0.39 is 46.8 Å². The van der Waals surface area contributed by atoms with Crippen LogP contribution >= 0.6 is 0 Å². The summed E-state index contributed by atoms with van der Waals surface area (Å²) < 4.78 is 71.8. The van der Waals surface area contributed by atoms with Gasteiger partial charge in [0, 0.05) is 6.20 Å². The van der Waals surface area contributed by atoms with Crippen LogP contribution in [0.4, 0.5) is 22.0 Å². The van der Waals surface area contributed by atoms with Crippen molar-refractivity contribution in [3.63, 3.8) is 0 Å². The highest BCUT2D eigenvalue weighted by atomic mass is 19.2. The number of rotatable bonds is 3. The van der Waals surface area contributed by atoms with Crippen LogP contribution in [0.15, 0.2) is 12.3 Å². The molecule has 0 fully saturated rings.